The largest absolute Gasteiger partial charge is 0.383 e. The van der Waals surface area contributed by atoms with Gasteiger partial charge in [0, 0.05) is 37.8 Å². The molecule has 1 aromatic rings. The van der Waals surface area contributed by atoms with E-state index in [0.717, 1.165) is 12.8 Å². The molecule has 0 spiro atoms. The number of carbonyl (C=O) groups excluding carboxylic acids is 1. The van der Waals surface area contributed by atoms with Crippen molar-refractivity contribution in [2.45, 2.75) is 51.0 Å². The van der Waals surface area contributed by atoms with Crippen LogP contribution in [0.5, 0.6) is 0 Å². The summed E-state index contributed by atoms with van der Waals surface area (Å²) in [5, 5.41) is 6.37. The molecular formula is C23H36N4O4S. The standard InChI is InChI=1S/C23H36N4O4S/c1-22(2)17-6-7-23(3,15-17)21(22)26-20(28)16-4-5-18(25-9-8-24)19(14-16)32(29,30)27-10-12-31-13-11-27/h4-5,14,17,21,25H,6-13,15,24H2,1-3H3,(H,26,28)/t17-,21?,23-/m0/s1. The van der Waals surface area contributed by atoms with E-state index in [1.807, 2.05) is 0 Å². The highest BCUT2D eigenvalue weighted by atomic mass is 32.2. The minimum atomic E-state index is -3.78. The number of nitrogens with one attached hydrogen (secondary N) is 2. The van der Waals surface area contributed by atoms with Gasteiger partial charge in [0.2, 0.25) is 10.0 Å². The van der Waals surface area contributed by atoms with E-state index in [2.05, 4.69) is 31.4 Å². The number of sulfonamides is 1. The third kappa shape index (κ3) is 4.04. The molecule has 178 valence electrons. The van der Waals surface area contributed by atoms with E-state index >= 15 is 0 Å². The Morgan fingerprint density at radius 1 is 1.25 bits per heavy atom. The molecule has 32 heavy (non-hydrogen) atoms. The molecule has 0 aromatic heterocycles. The van der Waals surface area contributed by atoms with Gasteiger partial charge in [-0.15, -0.1) is 0 Å². The molecule has 2 saturated carbocycles. The number of nitrogens with two attached hydrogens (primary N) is 1. The fourth-order valence-corrected chi connectivity index (χ4v) is 7.63. The predicted molar refractivity (Wildman–Crippen MR) is 124 cm³/mol. The van der Waals surface area contributed by atoms with Crippen molar-refractivity contribution in [3.05, 3.63) is 23.8 Å². The quantitative estimate of drug-likeness (QED) is 0.569. The first-order valence-electron chi connectivity index (χ1n) is 11.6. The Kier molecular flexibility index (Phi) is 6.30. The number of morpholine rings is 1. The lowest BCUT2D eigenvalue weighted by Gasteiger charge is -2.43. The summed E-state index contributed by atoms with van der Waals surface area (Å²) < 4.78 is 33.6. The highest BCUT2D eigenvalue weighted by Gasteiger charge is 2.59. The van der Waals surface area contributed by atoms with Crippen LogP contribution >= 0.6 is 0 Å². The van der Waals surface area contributed by atoms with Crippen molar-refractivity contribution < 1.29 is 17.9 Å². The van der Waals surface area contributed by atoms with E-state index in [9.17, 15) is 13.2 Å². The molecule has 4 N–H and O–H groups in total. The predicted octanol–water partition coefficient (Wildman–Crippen LogP) is 2.02. The van der Waals surface area contributed by atoms with Crippen LogP contribution in [0.2, 0.25) is 0 Å². The lowest BCUT2D eigenvalue weighted by atomic mass is 9.68. The molecule has 3 fully saturated rings. The molecule has 1 heterocycles. The third-order valence-corrected chi connectivity index (χ3v) is 9.78. The second kappa shape index (κ2) is 8.59. The Morgan fingerprint density at radius 3 is 2.59 bits per heavy atom. The van der Waals surface area contributed by atoms with Gasteiger partial charge in [0.05, 0.1) is 18.9 Å². The maximum absolute atomic E-state index is 13.4. The molecule has 0 radical (unpaired) electrons. The summed E-state index contributed by atoms with van der Waals surface area (Å²) in [5.41, 5.74) is 6.55. The molecule has 9 heteroatoms. The first kappa shape index (κ1) is 23.5. The molecular weight excluding hydrogens is 428 g/mol. The van der Waals surface area contributed by atoms with Gasteiger partial charge in [-0.3, -0.25) is 4.79 Å². The van der Waals surface area contributed by atoms with Gasteiger partial charge >= 0.3 is 0 Å². The number of nitrogens with zero attached hydrogens (tertiary/aromatic N) is 1. The van der Waals surface area contributed by atoms with Crippen molar-refractivity contribution in [2.24, 2.45) is 22.5 Å². The van der Waals surface area contributed by atoms with Crippen molar-refractivity contribution in [3.8, 4) is 0 Å². The zero-order valence-corrected chi connectivity index (χ0v) is 20.1. The molecule has 3 aliphatic rings. The molecule has 4 rings (SSSR count). The van der Waals surface area contributed by atoms with Crippen LogP contribution in [-0.4, -0.2) is 64.1 Å². The molecule has 8 nitrogen and oxygen atoms in total. The Bertz CT molecular complexity index is 969. The monoisotopic (exact) mass is 464 g/mol. The Hall–Kier alpha value is -1.68. The second-order valence-corrected chi connectivity index (χ2v) is 12.2. The fourth-order valence-electron chi connectivity index (χ4n) is 6.03. The highest BCUT2D eigenvalue weighted by molar-refractivity contribution is 7.89. The third-order valence-electron chi connectivity index (χ3n) is 7.84. The maximum atomic E-state index is 13.4. The fraction of sp³-hybridized carbons (Fsp3) is 0.696. The number of hydrogen-bond donors (Lipinski definition) is 3. The molecule has 1 aromatic carbocycles. The van der Waals surface area contributed by atoms with Gasteiger partial charge in [-0.05, 0) is 54.2 Å². The van der Waals surface area contributed by atoms with Gasteiger partial charge in [-0.2, -0.15) is 4.31 Å². The van der Waals surface area contributed by atoms with Gasteiger partial charge in [-0.25, -0.2) is 8.42 Å². The molecule has 1 amide bonds. The van der Waals surface area contributed by atoms with Crippen molar-refractivity contribution >= 4 is 21.6 Å². The first-order valence-corrected chi connectivity index (χ1v) is 13.0. The van der Waals surface area contributed by atoms with Gasteiger partial charge in [-0.1, -0.05) is 20.8 Å². The van der Waals surface area contributed by atoms with Crippen LogP contribution in [0.15, 0.2) is 23.1 Å². The summed E-state index contributed by atoms with van der Waals surface area (Å²) in [6.45, 7) is 8.87. The smallest absolute Gasteiger partial charge is 0.251 e. The van der Waals surface area contributed by atoms with E-state index in [-0.39, 0.29) is 27.7 Å². The summed E-state index contributed by atoms with van der Waals surface area (Å²) >= 11 is 0. The van der Waals surface area contributed by atoms with Crippen molar-refractivity contribution in [3.63, 3.8) is 0 Å². The van der Waals surface area contributed by atoms with Crippen LogP contribution in [-0.2, 0) is 14.8 Å². The van der Waals surface area contributed by atoms with Gasteiger partial charge in [0.1, 0.15) is 4.90 Å². The van der Waals surface area contributed by atoms with Crippen molar-refractivity contribution in [2.75, 3.05) is 44.7 Å². The van der Waals surface area contributed by atoms with E-state index in [1.54, 1.807) is 12.1 Å². The number of ether oxygens (including phenoxy) is 1. The highest BCUT2D eigenvalue weighted by Crippen LogP contribution is 2.62. The molecule has 3 atom stereocenters. The number of fused-ring (bicyclic) bond motifs is 2. The minimum Gasteiger partial charge on any atom is -0.383 e. The van der Waals surface area contributed by atoms with E-state index in [1.165, 1.54) is 16.8 Å². The van der Waals surface area contributed by atoms with Crippen LogP contribution in [0.4, 0.5) is 5.69 Å². The van der Waals surface area contributed by atoms with Crippen molar-refractivity contribution in [1.29, 1.82) is 0 Å². The van der Waals surface area contributed by atoms with E-state index in [0.29, 0.717) is 56.6 Å². The Balaban J connectivity index is 1.63. The Labute approximate surface area is 191 Å². The number of hydrogen-bond acceptors (Lipinski definition) is 6. The minimum absolute atomic E-state index is 0.0218. The van der Waals surface area contributed by atoms with Crippen LogP contribution < -0.4 is 16.4 Å². The average Bonchev–Trinajstić information content (AvgIpc) is 3.26. The summed E-state index contributed by atoms with van der Waals surface area (Å²) in [4.78, 5) is 13.4. The normalized spacial score (nSPS) is 29.8. The van der Waals surface area contributed by atoms with Crippen LogP contribution in [0.1, 0.15) is 50.4 Å². The molecule has 1 aliphatic heterocycles. The van der Waals surface area contributed by atoms with Gasteiger partial charge in [0.15, 0.2) is 0 Å². The number of rotatable bonds is 7. The summed E-state index contributed by atoms with van der Waals surface area (Å²) in [6.07, 6.45) is 3.45. The summed E-state index contributed by atoms with van der Waals surface area (Å²) in [6, 6.07) is 4.93. The SMILES string of the molecule is CC1(C)C(NC(=O)c2ccc(NCCN)c(S(=O)(=O)N3CCOCC3)c2)[C@@]2(C)CC[C@H]1C2. The average molecular weight is 465 g/mol. The maximum Gasteiger partial charge on any atom is 0.251 e. The van der Waals surface area contributed by atoms with Gasteiger partial charge < -0.3 is 21.1 Å². The van der Waals surface area contributed by atoms with Crippen molar-refractivity contribution in [1.82, 2.24) is 9.62 Å². The first-order chi connectivity index (χ1) is 15.1. The zero-order chi connectivity index (χ0) is 23.1. The van der Waals surface area contributed by atoms with Crippen LogP contribution in [0, 0.1) is 16.7 Å². The molecule has 1 unspecified atom stereocenters. The van der Waals surface area contributed by atoms with E-state index < -0.39 is 10.0 Å². The molecule has 2 aliphatic carbocycles. The molecule has 1 saturated heterocycles. The second-order valence-electron chi connectivity index (χ2n) is 10.3. The lowest BCUT2D eigenvalue weighted by molar-refractivity contribution is 0.0729. The number of benzene rings is 1. The number of amides is 1. The zero-order valence-electron chi connectivity index (χ0n) is 19.3. The number of carbonyl (C=O) groups is 1. The van der Waals surface area contributed by atoms with Crippen LogP contribution in [0.25, 0.3) is 0 Å². The van der Waals surface area contributed by atoms with Gasteiger partial charge in [0.25, 0.3) is 5.91 Å². The molecule has 2 bridgehead atoms. The number of anilines is 1. The van der Waals surface area contributed by atoms with Crippen LogP contribution in [0.3, 0.4) is 0 Å². The topological polar surface area (TPSA) is 114 Å². The summed E-state index contributed by atoms with van der Waals surface area (Å²) in [5.74, 6) is 0.388. The Morgan fingerprint density at radius 2 is 1.97 bits per heavy atom. The lowest BCUT2D eigenvalue weighted by Crippen LogP contribution is -2.52. The summed E-state index contributed by atoms with van der Waals surface area (Å²) in [7, 11) is -3.78. The van der Waals surface area contributed by atoms with E-state index in [4.69, 9.17) is 10.5 Å².